The molecule has 0 spiro atoms. The van der Waals surface area contributed by atoms with Gasteiger partial charge >= 0.3 is 0 Å². The second-order valence-electron chi connectivity index (χ2n) is 4.39. The molecule has 20 heavy (non-hydrogen) atoms. The molecule has 0 saturated heterocycles. The van der Waals surface area contributed by atoms with Crippen LogP contribution in [0.4, 0.5) is 5.69 Å². The molecule has 0 radical (unpaired) electrons. The van der Waals surface area contributed by atoms with Gasteiger partial charge in [-0.05, 0) is 12.5 Å². The first kappa shape index (κ1) is 14.5. The number of rotatable bonds is 5. The van der Waals surface area contributed by atoms with Crippen molar-refractivity contribution in [2.24, 2.45) is 0 Å². The highest BCUT2D eigenvalue weighted by Gasteiger charge is 2.17. The predicted octanol–water partition coefficient (Wildman–Crippen LogP) is 2.94. The molecule has 1 heterocycles. The zero-order chi connectivity index (χ0) is 14.7. The molecule has 0 aliphatic carbocycles. The van der Waals surface area contributed by atoms with Gasteiger partial charge in [-0.3, -0.25) is 14.8 Å². The zero-order valence-electron chi connectivity index (χ0n) is 10.9. The van der Waals surface area contributed by atoms with E-state index >= 15 is 0 Å². The van der Waals surface area contributed by atoms with Crippen molar-refractivity contribution in [3.63, 3.8) is 0 Å². The van der Waals surface area contributed by atoms with Crippen LogP contribution in [0.5, 0.6) is 0 Å². The molecule has 0 saturated carbocycles. The molecule has 1 unspecified atom stereocenters. The maximum atomic E-state index is 11.0. The number of benzene rings is 1. The lowest BCUT2D eigenvalue weighted by Gasteiger charge is -2.06. The summed E-state index contributed by atoms with van der Waals surface area (Å²) in [4.78, 5) is 10.5. The van der Waals surface area contributed by atoms with Crippen LogP contribution in [0.25, 0.3) is 0 Å². The van der Waals surface area contributed by atoms with E-state index in [0.717, 1.165) is 0 Å². The lowest BCUT2D eigenvalue weighted by molar-refractivity contribution is -0.385. The highest BCUT2D eigenvalue weighted by atomic mass is 35.5. The molecule has 1 atom stereocenters. The summed E-state index contributed by atoms with van der Waals surface area (Å²) in [7, 11) is 0. The Labute approximate surface area is 120 Å². The fraction of sp³-hybridized carbons (Fsp3) is 0.308. The fourth-order valence-electron chi connectivity index (χ4n) is 1.91. The number of aromatic nitrogens is 2. The maximum absolute atomic E-state index is 11.0. The number of nitro groups is 1. The van der Waals surface area contributed by atoms with Gasteiger partial charge in [-0.1, -0.05) is 24.6 Å². The molecule has 2 rings (SSSR count). The second-order valence-corrected chi connectivity index (χ2v) is 4.80. The van der Waals surface area contributed by atoms with Crippen LogP contribution in [0.2, 0.25) is 5.02 Å². The number of hydrogen-bond acceptors (Lipinski definition) is 4. The number of aliphatic hydroxyl groups is 1. The Morgan fingerprint density at radius 1 is 1.55 bits per heavy atom. The number of halogens is 1. The number of hydrogen-bond donors (Lipinski definition) is 1. The monoisotopic (exact) mass is 295 g/mol. The summed E-state index contributed by atoms with van der Waals surface area (Å²) in [5.74, 6) is 0. The van der Waals surface area contributed by atoms with Crippen molar-refractivity contribution >= 4 is 17.3 Å². The minimum atomic E-state index is -0.579. The Balaban J connectivity index is 2.30. The van der Waals surface area contributed by atoms with Crippen LogP contribution in [-0.2, 0) is 6.54 Å². The van der Waals surface area contributed by atoms with Gasteiger partial charge in [-0.2, -0.15) is 5.10 Å². The van der Waals surface area contributed by atoms with Crippen LogP contribution < -0.4 is 0 Å². The third kappa shape index (κ3) is 2.97. The topological polar surface area (TPSA) is 81.2 Å². The molecule has 106 valence electrons. The van der Waals surface area contributed by atoms with E-state index < -0.39 is 11.0 Å². The van der Waals surface area contributed by atoms with Crippen molar-refractivity contribution in [1.82, 2.24) is 9.78 Å². The van der Waals surface area contributed by atoms with E-state index in [0.29, 0.717) is 22.6 Å². The van der Waals surface area contributed by atoms with E-state index in [9.17, 15) is 15.2 Å². The van der Waals surface area contributed by atoms with Gasteiger partial charge in [0.15, 0.2) is 0 Å². The van der Waals surface area contributed by atoms with Crippen molar-refractivity contribution < 1.29 is 10.0 Å². The maximum Gasteiger partial charge on any atom is 0.275 e. The molecule has 7 heteroatoms. The van der Waals surface area contributed by atoms with E-state index in [1.165, 1.54) is 10.7 Å². The molecule has 0 amide bonds. The minimum Gasteiger partial charge on any atom is -0.388 e. The van der Waals surface area contributed by atoms with Crippen LogP contribution in [0, 0.1) is 10.1 Å². The first-order valence-corrected chi connectivity index (χ1v) is 6.53. The molecule has 2 aromatic rings. The van der Waals surface area contributed by atoms with E-state index in [-0.39, 0.29) is 12.2 Å². The van der Waals surface area contributed by atoms with Gasteiger partial charge in [0, 0.05) is 17.8 Å². The summed E-state index contributed by atoms with van der Waals surface area (Å²) in [6.07, 6.45) is 3.22. The molecule has 0 aliphatic rings. The van der Waals surface area contributed by atoms with Crippen LogP contribution >= 0.6 is 11.6 Å². The average Bonchev–Trinajstić information content (AvgIpc) is 2.88. The van der Waals surface area contributed by atoms with Crippen molar-refractivity contribution in [1.29, 1.82) is 0 Å². The Morgan fingerprint density at radius 2 is 2.30 bits per heavy atom. The lowest BCUT2D eigenvalue weighted by atomic mass is 10.1. The molecular weight excluding hydrogens is 282 g/mol. The first-order valence-electron chi connectivity index (χ1n) is 6.15. The van der Waals surface area contributed by atoms with Gasteiger partial charge in [0.25, 0.3) is 5.69 Å². The lowest BCUT2D eigenvalue weighted by Crippen LogP contribution is -2.04. The van der Waals surface area contributed by atoms with E-state index in [1.54, 1.807) is 24.5 Å². The van der Waals surface area contributed by atoms with Crippen molar-refractivity contribution in [2.75, 3.05) is 0 Å². The summed E-state index contributed by atoms with van der Waals surface area (Å²) in [5, 5.41) is 25.1. The summed E-state index contributed by atoms with van der Waals surface area (Å²) < 4.78 is 1.53. The average molecular weight is 296 g/mol. The van der Waals surface area contributed by atoms with Gasteiger partial charge in [-0.25, -0.2) is 0 Å². The van der Waals surface area contributed by atoms with Gasteiger partial charge < -0.3 is 5.11 Å². The normalized spacial score (nSPS) is 12.3. The van der Waals surface area contributed by atoms with E-state index in [1.807, 2.05) is 6.92 Å². The molecule has 0 aliphatic heterocycles. The number of aliphatic hydroxyl groups excluding tert-OH is 1. The Bertz CT molecular complexity index is 627. The van der Waals surface area contributed by atoms with Crippen molar-refractivity contribution in [3.8, 4) is 0 Å². The quantitative estimate of drug-likeness (QED) is 0.679. The fourth-order valence-corrected chi connectivity index (χ4v) is 2.14. The Morgan fingerprint density at radius 3 is 2.95 bits per heavy atom. The van der Waals surface area contributed by atoms with Crippen LogP contribution in [-0.4, -0.2) is 19.8 Å². The summed E-state index contributed by atoms with van der Waals surface area (Å²) in [6, 6.07) is 4.56. The van der Waals surface area contributed by atoms with Crippen molar-refractivity contribution in [3.05, 3.63) is 56.9 Å². The predicted molar refractivity (Wildman–Crippen MR) is 74.7 cm³/mol. The molecule has 6 nitrogen and oxygen atoms in total. The zero-order valence-corrected chi connectivity index (χ0v) is 11.6. The van der Waals surface area contributed by atoms with Gasteiger partial charge in [-0.15, -0.1) is 0 Å². The first-order chi connectivity index (χ1) is 9.52. The van der Waals surface area contributed by atoms with E-state index in [2.05, 4.69) is 5.10 Å². The van der Waals surface area contributed by atoms with Crippen LogP contribution in [0.15, 0.2) is 30.6 Å². The smallest absolute Gasteiger partial charge is 0.275 e. The highest BCUT2D eigenvalue weighted by Crippen LogP contribution is 2.27. The SMILES string of the molecule is CCC(O)c1cnn(Cc2c(Cl)cccc2[N+](=O)[O-])c1. The molecule has 1 N–H and O–H groups in total. The molecule has 1 aromatic heterocycles. The summed E-state index contributed by atoms with van der Waals surface area (Å²) in [6.45, 7) is 2.05. The van der Waals surface area contributed by atoms with Gasteiger partial charge in [0.1, 0.15) is 0 Å². The molecule has 1 aromatic carbocycles. The molecule has 0 bridgehead atoms. The third-order valence-corrected chi connectivity index (χ3v) is 3.39. The Hall–Kier alpha value is -1.92. The number of nitro benzene ring substituents is 1. The number of nitrogens with zero attached hydrogens (tertiary/aromatic N) is 3. The second kappa shape index (κ2) is 6.02. The van der Waals surface area contributed by atoms with Gasteiger partial charge in [0.05, 0.1) is 34.4 Å². The van der Waals surface area contributed by atoms with Gasteiger partial charge in [0.2, 0.25) is 0 Å². The van der Waals surface area contributed by atoms with Crippen LogP contribution in [0.1, 0.15) is 30.6 Å². The largest absolute Gasteiger partial charge is 0.388 e. The highest BCUT2D eigenvalue weighted by molar-refractivity contribution is 6.31. The van der Waals surface area contributed by atoms with Crippen LogP contribution in [0.3, 0.4) is 0 Å². The standard InChI is InChI=1S/C13H14ClN3O3/c1-2-13(18)9-6-15-16(7-9)8-10-11(14)4-3-5-12(10)17(19)20/h3-7,13,18H,2,8H2,1H3. The Kier molecular flexibility index (Phi) is 4.36. The van der Waals surface area contributed by atoms with Crippen molar-refractivity contribution in [2.45, 2.75) is 26.0 Å². The minimum absolute atomic E-state index is 0.0365. The third-order valence-electron chi connectivity index (χ3n) is 3.04. The molecular formula is C13H14ClN3O3. The molecule has 0 fully saturated rings. The summed E-state index contributed by atoms with van der Waals surface area (Å²) in [5.41, 5.74) is 1.05. The van der Waals surface area contributed by atoms with E-state index in [4.69, 9.17) is 11.6 Å². The summed E-state index contributed by atoms with van der Waals surface area (Å²) >= 11 is 6.03.